The third kappa shape index (κ3) is 1.51. The predicted octanol–water partition coefficient (Wildman–Crippen LogP) is 4.56. The molecule has 1 heteroatoms. The number of rotatable bonds is 0. The molecule has 0 atom stereocenters. The second-order valence-corrected chi connectivity index (χ2v) is 4.81. The molecule has 15 heavy (non-hydrogen) atoms. The van der Waals surface area contributed by atoms with Crippen LogP contribution < -0.4 is 0 Å². The molecule has 0 spiro atoms. The quantitative estimate of drug-likeness (QED) is 0.650. The van der Waals surface area contributed by atoms with Crippen molar-refractivity contribution in [2.24, 2.45) is 0 Å². The number of aryl methyl sites for hydroxylation is 1. The van der Waals surface area contributed by atoms with E-state index < -0.39 is 0 Å². The van der Waals surface area contributed by atoms with E-state index in [-0.39, 0.29) is 0 Å². The molecule has 0 heterocycles. The molecule has 0 saturated heterocycles. The Morgan fingerprint density at radius 3 is 3.00 bits per heavy atom. The zero-order valence-electron chi connectivity index (χ0n) is 8.33. The van der Waals surface area contributed by atoms with Crippen molar-refractivity contribution in [1.29, 1.82) is 0 Å². The minimum Gasteiger partial charge on any atom is -0.0836 e. The average molecular weight is 259 g/mol. The van der Waals surface area contributed by atoms with Gasteiger partial charge in [-0.3, -0.25) is 0 Å². The van der Waals surface area contributed by atoms with E-state index in [0.717, 1.165) is 0 Å². The van der Waals surface area contributed by atoms with Crippen molar-refractivity contribution in [1.82, 2.24) is 0 Å². The van der Waals surface area contributed by atoms with Crippen LogP contribution in [0.4, 0.5) is 0 Å². The van der Waals surface area contributed by atoms with E-state index >= 15 is 0 Å². The Labute approximate surface area is 97.7 Å². The summed E-state index contributed by atoms with van der Waals surface area (Å²) in [4.78, 5) is 0. The molecule has 0 nitrogen and oxygen atoms in total. The highest BCUT2D eigenvalue weighted by Gasteiger charge is 2.07. The molecule has 0 fully saturated rings. The van der Waals surface area contributed by atoms with Gasteiger partial charge < -0.3 is 0 Å². The lowest BCUT2D eigenvalue weighted by atomic mass is 9.94. The van der Waals surface area contributed by atoms with Gasteiger partial charge in [-0.2, -0.15) is 0 Å². The Morgan fingerprint density at radius 2 is 2.07 bits per heavy atom. The second-order valence-electron chi connectivity index (χ2n) is 3.95. The van der Waals surface area contributed by atoms with Gasteiger partial charge in [0.25, 0.3) is 0 Å². The lowest BCUT2D eigenvalue weighted by molar-refractivity contribution is 0.989. The average Bonchev–Trinajstić information content (AvgIpc) is 2.27. The monoisotopic (exact) mass is 258 g/mol. The van der Waals surface area contributed by atoms with Crippen molar-refractivity contribution in [2.45, 2.75) is 12.8 Å². The van der Waals surface area contributed by atoms with E-state index in [1.54, 1.807) is 0 Å². The van der Waals surface area contributed by atoms with Crippen molar-refractivity contribution in [3.8, 4) is 0 Å². The standard InChI is InChI=1S/C14H11Br/c15-14-7-3-6-12-8-10-4-1-2-5-11(10)9-13(12)14/h2-3,5-9H,1,4H2. The molecule has 0 unspecified atom stereocenters. The first-order chi connectivity index (χ1) is 7.34. The van der Waals surface area contributed by atoms with E-state index in [0.29, 0.717) is 0 Å². The van der Waals surface area contributed by atoms with Gasteiger partial charge in [-0.15, -0.1) is 0 Å². The molecule has 74 valence electrons. The van der Waals surface area contributed by atoms with Crippen molar-refractivity contribution >= 4 is 32.8 Å². The maximum atomic E-state index is 3.60. The molecule has 0 bridgehead atoms. The lowest BCUT2D eigenvalue weighted by Gasteiger charge is -2.12. The number of fused-ring (bicyclic) bond motifs is 2. The Hall–Kier alpha value is -1.08. The first-order valence-electron chi connectivity index (χ1n) is 5.22. The number of allylic oxidation sites excluding steroid dienone is 1. The van der Waals surface area contributed by atoms with E-state index in [4.69, 9.17) is 0 Å². The third-order valence-corrected chi connectivity index (χ3v) is 3.66. The molecule has 1 aliphatic carbocycles. The van der Waals surface area contributed by atoms with Crippen LogP contribution >= 0.6 is 15.9 Å². The number of benzene rings is 2. The summed E-state index contributed by atoms with van der Waals surface area (Å²) in [6.45, 7) is 0. The molecule has 0 aromatic heterocycles. The minimum atomic E-state index is 1.17. The summed E-state index contributed by atoms with van der Waals surface area (Å²) in [5, 5.41) is 2.64. The maximum Gasteiger partial charge on any atom is 0.0253 e. The van der Waals surface area contributed by atoms with Gasteiger partial charge in [0.2, 0.25) is 0 Å². The smallest absolute Gasteiger partial charge is 0.0253 e. The zero-order valence-corrected chi connectivity index (χ0v) is 9.92. The van der Waals surface area contributed by atoms with Gasteiger partial charge in [0, 0.05) is 4.47 Å². The fourth-order valence-electron chi connectivity index (χ4n) is 2.17. The van der Waals surface area contributed by atoms with Crippen LogP contribution in [0.15, 0.2) is 40.9 Å². The largest absolute Gasteiger partial charge is 0.0836 e. The maximum absolute atomic E-state index is 3.60. The fourth-order valence-corrected chi connectivity index (χ4v) is 2.67. The summed E-state index contributed by atoms with van der Waals surface area (Å²) in [6, 6.07) is 11.0. The molecular formula is C14H11Br. The Morgan fingerprint density at radius 1 is 1.13 bits per heavy atom. The highest BCUT2D eigenvalue weighted by atomic mass is 79.9. The van der Waals surface area contributed by atoms with Crippen LogP contribution in [-0.2, 0) is 6.42 Å². The van der Waals surface area contributed by atoms with Crippen LogP contribution in [0.1, 0.15) is 17.5 Å². The third-order valence-electron chi connectivity index (χ3n) is 2.96. The summed E-state index contributed by atoms with van der Waals surface area (Å²) < 4.78 is 1.18. The van der Waals surface area contributed by atoms with Gasteiger partial charge >= 0.3 is 0 Å². The highest BCUT2D eigenvalue weighted by Crippen LogP contribution is 2.29. The molecule has 0 N–H and O–H groups in total. The Kier molecular flexibility index (Phi) is 2.14. The molecule has 0 saturated carbocycles. The Bertz CT molecular complexity index is 553. The molecule has 1 aliphatic rings. The van der Waals surface area contributed by atoms with Crippen molar-refractivity contribution in [3.63, 3.8) is 0 Å². The van der Waals surface area contributed by atoms with Gasteiger partial charge in [-0.1, -0.05) is 46.3 Å². The van der Waals surface area contributed by atoms with E-state index in [9.17, 15) is 0 Å². The van der Waals surface area contributed by atoms with E-state index in [2.05, 4.69) is 58.4 Å². The van der Waals surface area contributed by atoms with Gasteiger partial charge in [-0.05, 0) is 46.9 Å². The molecule has 2 aromatic carbocycles. The summed E-state index contributed by atoms with van der Waals surface area (Å²) >= 11 is 3.60. The molecule has 0 amide bonds. The van der Waals surface area contributed by atoms with Crippen LogP contribution in [0.3, 0.4) is 0 Å². The van der Waals surface area contributed by atoms with Crippen molar-refractivity contribution in [3.05, 3.63) is 52.0 Å². The number of hydrogen-bond donors (Lipinski definition) is 0. The number of halogens is 1. The summed E-state index contributed by atoms with van der Waals surface area (Å²) in [7, 11) is 0. The van der Waals surface area contributed by atoms with Gasteiger partial charge in [0.05, 0.1) is 0 Å². The molecular weight excluding hydrogens is 248 g/mol. The number of hydrogen-bond acceptors (Lipinski definition) is 0. The van der Waals surface area contributed by atoms with E-state index in [1.807, 2.05) is 0 Å². The van der Waals surface area contributed by atoms with Crippen molar-refractivity contribution in [2.75, 3.05) is 0 Å². The van der Waals surface area contributed by atoms with Crippen LogP contribution in [0.25, 0.3) is 16.8 Å². The summed E-state index contributed by atoms with van der Waals surface area (Å²) in [5.41, 5.74) is 2.85. The summed E-state index contributed by atoms with van der Waals surface area (Å²) in [6.07, 6.45) is 6.84. The van der Waals surface area contributed by atoms with Crippen molar-refractivity contribution < 1.29 is 0 Å². The fraction of sp³-hybridized carbons (Fsp3) is 0.143. The van der Waals surface area contributed by atoms with Gasteiger partial charge in [0.1, 0.15) is 0 Å². The first-order valence-corrected chi connectivity index (χ1v) is 6.01. The first kappa shape index (κ1) is 9.17. The molecule has 3 rings (SSSR count). The normalized spacial score (nSPS) is 14.2. The summed E-state index contributed by atoms with van der Waals surface area (Å²) in [5.74, 6) is 0. The molecule has 0 radical (unpaired) electrons. The van der Waals surface area contributed by atoms with Gasteiger partial charge in [-0.25, -0.2) is 0 Å². The van der Waals surface area contributed by atoms with Crippen LogP contribution in [0, 0.1) is 0 Å². The Balaban J connectivity index is 2.37. The molecule has 2 aromatic rings. The van der Waals surface area contributed by atoms with Gasteiger partial charge in [0.15, 0.2) is 0 Å². The molecule has 0 aliphatic heterocycles. The predicted molar refractivity (Wildman–Crippen MR) is 69.0 cm³/mol. The van der Waals surface area contributed by atoms with Crippen LogP contribution in [-0.4, -0.2) is 0 Å². The minimum absolute atomic E-state index is 1.17. The lowest BCUT2D eigenvalue weighted by Crippen LogP contribution is -1.93. The highest BCUT2D eigenvalue weighted by molar-refractivity contribution is 9.10. The van der Waals surface area contributed by atoms with Crippen LogP contribution in [0.2, 0.25) is 0 Å². The SMILES string of the molecule is Brc1cccc2cc3c(cc12)C=CCC3. The zero-order chi connectivity index (χ0) is 10.3. The second kappa shape index (κ2) is 3.49. The topological polar surface area (TPSA) is 0 Å². The van der Waals surface area contributed by atoms with E-state index in [1.165, 1.54) is 39.2 Å². The van der Waals surface area contributed by atoms with Crippen LogP contribution in [0.5, 0.6) is 0 Å².